The fourth-order valence-corrected chi connectivity index (χ4v) is 5.66. The lowest BCUT2D eigenvalue weighted by molar-refractivity contribution is 0.470. The Morgan fingerprint density at radius 3 is 2.39 bits per heavy atom. The molecule has 2 fully saturated rings. The van der Waals surface area contributed by atoms with E-state index in [0.717, 1.165) is 29.9 Å². The highest BCUT2D eigenvalue weighted by atomic mass is 32.2. The highest BCUT2D eigenvalue weighted by molar-refractivity contribution is 7.99. The summed E-state index contributed by atoms with van der Waals surface area (Å²) in [5, 5.41) is 0. The highest BCUT2D eigenvalue weighted by Gasteiger charge is 2.58. The first-order valence-corrected chi connectivity index (χ1v) is 8.81. The molecule has 0 aliphatic carbocycles. The molecule has 2 heterocycles. The van der Waals surface area contributed by atoms with Gasteiger partial charge in [-0.25, -0.2) is 8.42 Å². The molecule has 18 heavy (non-hydrogen) atoms. The summed E-state index contributed by atoms with van der Waals surface area (Å²) in [7, 11) is -3.27. The molecule has 1 atom stereocenters. The predicted octanol–water partition coefficient (Wildman–Crippen LogP) is 2.27. The summed E-state index contributed by atoms with van der Waals surface area (Å²) in [6, 6.07) is 7.15. The molecule has 3 rings (SSSR count). The quantitative estimate of drug-likeness (QED) is 0.781. The molecule has 2 aliphatic heterocycles. The fraction of sp³-hybridized carbons (Fsp3) is 0.538. The van der Waals surface area contributed by atoms with Crippen molar-refractivity contribution in [3.8, 4) is 0 Å². The van der Waals surface area contributed by atoms with Crippen molar-refractivity contribution in [1.29, 1.82) is 0 Å². The molecule has 0 amide bonds. The molecule has 1 unspecified atom stereocenters. The van der Waals surface area contributed by atoms with E-state index in [1.807, 2.05) is 30.8 Å². The largest absolute Gasteiger partial charge is 0.243 e. The van der Waals surface area contributed by atoms with Gasteiger partial charge in [0, 0.05) is 6.54 Å². The second-order valence-electron chi connectivity index (χ2n) is 5.16. The van der Waals surface area contributed by atoms with Crippen molar-refractivity contribution in [3.63, 3.8) is 0 Å². The summed E-state index contributed by atoms with van der Waals surface area (Å²) in [6.45, 7) is 2.68. The summed E-state index contributed by atoms with van der Waals surface area (Å²) in [4.78, 5) is 0.434. The fourth-order valence-electron chi connectivity index (χ4n) is 2.57. The molecular formula is C13H17NO2S2. The molecule has 1 aromatic carbocycles. The van der Waals surface area contributed by atoms with Crippen LogP contribution in [0.4, 0.5) is 0 Å². The standard InChI is InChI=1S/C13H17NO2S2/c1-11-2-4-12(5-3-11)18(15,16)14-10-13(14)6-8-17-9-7-13/h2-5H,6-10H2,1H3. The van der Waals surface area contributed by atoms with Crippen molar-refractivity contribution < 1.29 is 8.42 Å². The van der Waals surface area contributed by atoms with Gasteiger partial charge in [0.2, 0.25) is 10.0 Å². The van der Waals surface area contributed by atoms with E-state index in [-0.39, 0.29) is 5.54 Å². The monoisotopic (exact) mass is 283 g/mol. The summed E-state index contributed by atoms with van der Waals surface area (Å²) in [5.74, 6) is 2.17. The Morgan fingerprint density at radius 2 is 1.78 bits per heavy atom. The van der Waals surface area contributed by atoms with Crippen molar-refractivity contribution in [1.82, 2.24) is 4.31 Å². The molecule has 0 radical (unpaired) electrons. The van der Waals surface area contributed by atoms with E-state index in [1.54, 1.807) is 16.4 Å². The van der Waals surface area contributed by atoms with Gasteiger partial charge in [-0.15, -0.1) is 0 Å². The second-order valence-corrected chi connectivity index (χ2v) is 8.25. The molecule has 0 aromatic heterocycles. The first-order chi connectivity index (χ1) is 8.55. The van der Waals surface area contributed by atoms with Crippen LogP contribution in [0.25, 0.3) is 0 Å². The van der Waals surface area contributed by atoms with Crippen LogP contribution in [0.1, 0.15) is 18.4 Å². The number of thioether (sulfide) groups is 1. The first kappa shape index (κ1) is 12.5. The lowest BCUT2D eigenvalue weighted by atomic mass is 10.0. The van der Waals surface area contributed by atoms with Crippen LogP contribution >= 0.6 is 11.8 Å². The number of hydrogen-bond donors (Lipinski definition) is 0. The molecule has 2 saturated heterocycles. The Hall–Kier alpha value is -0.520. The van der Waals surface area contributed by atoms with Crippen molar-refractivity contribution in [2.45, 2.75) is 30.2 Å². The summed E-state index contributed by atoms with van der Waals surface area (Å²) >= 11 is 1.93. The first-order valence-electron chi connectivity index (χ1n) is 6.22. The molecule has 3 nitrogen and oxygen atoms in total. The molecule has 1 aromatic rings. The summed E-state index contributed by atoms with van der Waals surface area (Å²) in [6.07, 6.45) is 2.01. The topological polar surface area (TPSA) is 37.1 Å². The maximum Gasteiger partial charge on any atom is 0.243 e. The van der Waals surface area contributed by atoms with Gasteiger partial charge in [-0.1, -0.05) is 17.7 Å². The molecule has 0 bridgehead atoms. The normalized spacial score (nSPS) is 26.2. The minimum Gasteiger partial charge on any atom is -0.207 e. The molecule has 0 N–H and O–H groups in total. The Balaban J connectivity index is 1.86. The Morgan fingerprint density at radius 1 is 1.17 bits per heavy atom. The number of aryl methyl sites for hydroxylation is 1. The smallest absolute Gasteiger partial charge is 0.207 e. The Kier molecular flexibility index (Phi) is 2.95. The Labute approximate surface area is 113 Å². The average molecular weight is 283 g/mol. The van der Waals surface area contributed by atoms with Gasteiger partial charge in [0.15, 0.2) is 0 Å². The molecule has 5 heteroatoms. The van der Waals surface area contributed by atoms with Crippen LogP contribution in [0.3, 0.4) is 0 Å². The lowest BCUT2D eigenvalue weighted by Gasteiger charge is -2.21. The number of sulfonamides is 1. The zero-order valence-corrected chi connectivity index (χ0v) is 12.1. The molecular weight excluding hydrogens is 266 g/mol. The number of benzene rings is 1. The van der Waals surface area contributed by atoms with Gasteiger partial charge >= 0.3 is 0 Å². The second kappa shape index (κ2) is 4.25. The van der Waals surface area contributed by atoms with Crippen LogP contribution in [0, 0.1) is 6.92 Å². The van der Waals surface area contributed by atoms with Gasteiger partial charge in [-0.05, 0) is 43.4 Å². The maximum absolute atomic E-state index is 12.5. The predicted molar refractivity (Wildman–Crippen MR) is 74.4 cm³/mol. The van der Waals surface area contributed by atoms with Crippen molar-refractivity contribution in [2.24, 2.45) is 0 Å². The summed E-state index contributed by atoms with van der Waals surface area (Å²) in [5.41, 5.74) is 1.04. The van der Waals surface area contributed by atoms with Gasteiger partial charge in [0.1, 0.15) is 0 Å². The van der Waals surface area contributed by atoms with Gasteiger partial charge in [-0.2, -0.15) is 16.1 Å². The van der Waals surface area contributed by atoms with E-state index in [4.69, 9.17) is 0 Å². The van der Waals surface area contributed by atoms with Gasteiger partial charge in [0.25, 0.3) is 0 Å². The molecule has 1 spiro atoms. The van der Waals surface area contributed by atoms with Gasteiger partial charge in [-0.3, -0.25) is 0 Å². The van der Waals surface area contributed by atoms with E-state index in [9.17, 15) is 8.42 Å². The van der Waals surface area contributed by atoms with Crippen LogP contribution in [0.5, 0.6) is 0 Å². The minimum atomic E-state index is -3.27. The van der Waals surface area contributed by atoms with Crippen LogP contribution in [-0.2, 0) is 10.0 Å². The van der Waals surface area contributed by atoms with E-state index in [0.29, 0.717) is 11.4 Å². The number of nitrogens with zero attached hydrogens (tertiary/aromatic N) is 1. The van der Waals surface area contributed by atoms with E-state index >= 15 is 0 Å². The summed E-state index contributed by atoms with van der Waals surface area (Å²) < 4.78 is 26.7. The van der Waals surface area contributed by atoms with Gasteiger partial charge < -0.3 is 0 Å². The van der Waals surface area contributed by atoms with Crippen molar-refractivity contribution >= 4 is 21.8 Å². The maximum atomic E-state index is 12.5. The molecule has 2 aliphatic rings. The third-order valence-corrected chi connectivity index (χ3v) is 6.85. The molecule has 98 valence electrons. The SMILES string of the molecule is Cc1ccc(S(=O)(=O)N2CC23CCSCC3)cc1. The third-order valence-electron chi connectivity index (χ3n) is 3.90. The van der Waals surface area contributed by atoms with Crippen LogP contribution in [0.15, 0.2) is 29.2 Å². The molecule has 0 saturated carbocycles. The van der Waals surface area contributed by atoms with Crippen molar-refractivity contribution in [2.75, 3.05) is 18.1 Å². The Bertz CT molecular complexity index is 545. The van der Waals surface area contributed by atoms with E-state index in [1.165, 1.54) is 0 Å². The third kappa shape index (κ3) is 1.98. The van der Waals surface area contributed by atoms with E-state index < -0.39 is 10.0 Å². The lowest BCUT2D eigenvalue weighted by Crippen LogP contribution is -2.28. The zero-order chi connectivity index (χ0) is 12.8. The minimum absolute atomic E-state index is 0.0467. The van der Waals surface area contributed by atoms with Crippen molar-refractivity contribution in [3.05, 3.63) is 29.8 Å². The van der Waals surface area contributed by atoms with Crippen LogP contribution < -0.4 is 0 Å². The average Bonchev–Trinajstić information content (AvgIpc) is 3.05. The number of hydrogen-bond acceptors (Lipinski definition) is 3. The van der Waals surface area contributed by atoms with E-state index in [2.05, 4.69) is 0 Å². The van der Waals surface area contributed by atoms with Gasteiger partial charge in [0.05, 0.1) is 10.4 Å². The van der Waals surface area contributed by atoms with Crippen LogP contribution in [-0.4, -0.2) is 36.3 Å². The zero-order valence-electron chi connectivity index (χ0n) is 10.4. The van der Waals surface area contributed by atoms with Crippen LogP contribution in [0.2, 0.25) is 0 Å². The number of rotatable bonds is 2. The highest BCUT2D eigenvalue weighted by Crippen LogP contribution is 2.47.